The average molecular weight is 370 g/mol. The van der Waals surface area contributed by atoms with Gasteiger partial charge in [0.05, 0.1) is 13.5 Å². The molecule has 1 saturated heterocycles. The number of hydrogen-bond donors (Lipinski definition) is 1. The molecule has 0 aromatic heterocycles. The number of nitrogens with one attached hydrogen (secondary N) is 1. The van der Waals surface area contributed by atoms with Crippen molar-refractivity contribution in [3.05, 3.63) is 59.9 Å². The monoisotopic (exact) mass is 370 g/mol. The number of para-hydroxylation sites is 1. The number of ether oxygens (including phenoxy) is 1. The number of halogens is 1. The average Bonchev–Trinajstić information content (AvgIpc) is 2.69. The van der Waals surface area contributed by atoms with Crippen LogP contribution in [0.4, 0.5) is 10.1 Å². The molecule has 0 bridgehead atoms. The number of carbonyl (C=O) groups is 2. The molecule has 5 nitrogen and oxygen atoms in total. The molecular formula is C21H23FN2O3. The molecular weight excluding hydrogens is 347 g/mol. The first kappa shape index (κ1) is 18.9. The predicted octanol–water partition coefficient (Wildman–Crippen LogP) is 3.25. The van der Waals surface area contributed by atoms with Crippen molar-refractivity contribution in [1.82, 2.24) is 4.90 Å². The van der Waals surface area contributed by atoms with E-state index in [4.69, 9.17) is 4.74 Å². The Morgan fingerprint density at radius 3 is 2.48 bits per heavy atom. The predicted molar refractivity (Wildman–Crippen MR) is 101 cm³/mol. The van der Waals surface area contributed by atoms with Gasteiger partial charge in [-0.2, -0.15) is 0 Å². The molecule has 0 unspecified atom stereocenters. The Hall–Kier alpha value is -2.89. The smallest absolute Gasteiger partial charge is 0.227 e. The van der Waals surface area contributed by atoms with E-state index in [0.717, 1.165) is 5.69 Å². The third-order valence-corrected chi connectivity index (χ3v) is 4.83. The first-order chi connectivity index (χ1) is 13.1. The molecule has 0 spiro atoms. The topological polar surface area (TPSA) is 58.6 Å². The second-order valence-corrected chi connectivity index (χ2v) is 6.66. The maximum Gasteiger partial charge on any atom is 0.227 e. The first-order valence-electron chi connectivity index (χ1n) is 9.03. The fourth-order valence-electron chi connectivity index (χ4n) is 3.26. The van der Waals surface area contributed by atoms with Gasteiger partial charge in [0.15, 0.2) is 11.6 Å². The highest BCUT2D eigenvalue weighted by atomic mass is 19.1. The van der Waals surface area contributed by atoms with Gasteiger partial charge in [-0.15, -0.1) is 0 Å². The zero-order chi connectivity index (χ0) is 19.2. The Morgan fingerprint density at radius 1 is 1.15 bits per heavy atom. The second kappa shape index (κ2) is 8.66. The van der Waals surface area contributed by atoms with Gasteiger partial charge in [-0.1, -0.05) is 24.3 Å². The van der Waals surface area contributed by atoms with E-state index in [9.17, 15) is 14.0 Å². The van der Waals surface area contributed by atoms with E-state index in [1.165, 1.54) is 19.2 Å². The molecule has 1 aliphatic heterocycles. The second-order valence-electron chi connectivity index (χ2n) is 6.66. The summed E-state index contributed by atoms with van der Waals surface area (Å²) in [5.74, 6) is -0.477. The van der Waals surface area contributed by atoms with Crippen molar-refractivity contribution in [1.29, 1.82) is 0 Å². The number of amides is 2. The molecule has 0 saturated carbocycles. The number of benzene rings is 2. The molecule has 0 atom stereocenters. The van der Waals surface area contributed by atoms with Gasteiger partial charge in [-0.3, -0.25) is 9.59 Å². The maximum absolute atomic E-state index is 13.8. The molecule has 1 aliphatic rings. The summed E-state index contributed by atoms with van der Waals surface area (Å²) in [7, 11) is 1.40. The summed E-state index contributed by atoms with van der Waals surface area (Å²) < 4.78 is 18.7. The lowest BCUT2D eigenvalue weighted by atomic mass is 9.95. The van der Waals surface area contributed by atoms with Crippen LogP contribution in [0.3, 0.4) is 0 Å². The molecule has 2 amide bonds. The number of rotatable bonds is 5. The summed E-state index contributed by atoms with van der Waals surface area (Å²) in [6.07, 6.45) is 1.39. The highest BCUT2D eigenvalue weighted by Crippen LogP contribution is 2.22. The lowest BCUT2D eigenvalue weighted by Crippen LogP contribution is -2.42. The fraction of sp³-hybridized carbons (Fsp3) is 0.333. The Kier molecular flexibility index (Phi) is 6.06. The van der Waals surface area contributed by atoms with Gasteiger partial charge in [0.2, 0.25) is 11.8 Å². The number of anilines is 1. The van der Waals surface area contributed by atoms with Crippen molar-refractivity contribution in [3.63, 3.8) is 0 Å². The van der Waals surface area contributed by atoms with E-state index in [-0.39, 0.29) is 29.9 Å². The van der Waals surface area contributed by atoms with Crippen molar-refractivity contribution in [2.75, 3.05) is 25.5 Å². The number of nitrogens with zero attached hydrogens (tertiary/aromatic N) is 1. The van der Waals surface area contributed by atoms with E-state index in [1.54, 1.807) is 11.0 Å². The third-order valence-electron chi connectivity index (χ3n) is 4.83. The zero-order valence-corrected chi connectivity index (χ0v) is 15.3. The first-order valence-corrected chi connectivity index (χ1v) is 9.03. The van der Waals surface area contributed by atoms with Crippen molar-refractivity contribution < 1.29 is 18.7 Å². The van der Waals surface area contributed by atoms with Gasteiger partial charge in [0.1, 0.15) is 0 Å². The number of likely N-dealkylation sites (tertiary alicyclic amines) is 1. The number of carbonyl (C=O) groups excluding carboxylic acids is 2. The van der Waals surface area contributed by atoms with Crippen LogP contribution in [-0.2, 0) is 16.0 Å². The third kappa shape index (κ3) is 4.84. The lowest BCUT2D eigenvalue weighted by molar-refractivity contribution is -0.133. The van der Waals surface area contributed by atoms with E-state index < -0.39 is 5.82 Å². The van der Waals surface area contributed by atoms with Gasteiger partial charge < -0.3 is 15.0 Å². The highest BCUT2D eigenvalue weighted by Gasteiger charge is 2.27. The molecule has 2 aromatic rings. The molecule has 2 aromatic carbocycles. The van der Waals surface area contributed by atoms with Crippen LogP contribution in [0.1, 0.15) is 18.4 Å². The Morgan fingerprint density at radius 2 is 1.85 bits per heavy atom. The van der Waals surface area contributed by atoms with Crippen LogP contribution in [0.15, 0.2) is 48.5 Å². The van der Waals surface area contributed by atoms with Crippen LogP contribution in [0.5, 0.6) is 5.75 Å². The van der Waals surface area contributed by atoms with Gasteiger partial charge >= 0.3 is 0 Å². The van der Waals surface area contributed by atoms with Crippen molar-refractivity contribution in [3.8, 4) is 5.75 Å². The maximum atomic E-state index is 13.8. The Bertz CT molecular complexity index is 802. The minimum atomic E-state index is -0.473. The lowest BCUT2D eigenvalue weighted by Gasteiger charge is -2.31. The van der Waals surface area contributed by atoms with E-state index in [0.29, 0.717) is 31.5 Å². The molecule has 1 fully saturated rings. The normalized spacial score (nSPS) is 14.7. The largest absolute Gasteiger partial charge is 0.494 e. The highest BCUT2D eigenvalue weighted by molar-refractivity contribution is 5.92. The van der Waals surface area contributed by atoms with Crippen LogP contribution in [-0.4, -0.2) is 36.9 Å². The van der Waals surface area contributed by atoms with Gasteiger partial charge in [0, 0.05) is 24.7 Å². The minimum absolute atomic E-state index is 0.00877. The summed E-state index contributed by atoms with van der Waals surface area (Å²) >= 11 is 0. The standard InChI is InChI=1S/C21H23FN2O3/c1-27-19-8-7-15(13-18(19)22)14-20(25)24-11-9-16(10-12-24)21(26)23-17-5-3-2-4-6-17/h2-8,13,16H,9-12,14H2,1H3,(H,23,26). The Balaban J connectivity index is 1.50. The number of methoxy groups -OCH3 is 1. The molecule has 3 rings (SSSR count). The summed E-state index contributed by atoms with van der Waals surface area (Å²) in [6.45, 7) is 1.06. The van der Waals surface area contributed by atoms with Gasteiger partial charge in [-0.25, -0.2) is 4.39 Å². The van der Waals surface area contributed by atoms with Gasteiger partial charge in [0.25, 0.3) is 0 Å². The van der Waals surface area contributed by atoms with Crippen molar-refractivity contribution in [2.45, 2.75) is 19.3 Å². The SMILES string of the molecule is COc1ccc(CC(=O)N2CCC(C(=O)Nc3ccccc3)CC2)cc1F. The van der Waals surface area contributed by atoms with Crippen LogP contribution >= 0.6 is 0 Å². The number of hydrogen-bond acceptors (Lipinski definition) is 3. The fourth-order valence-corrected chi connectivity index (χ4v) is 3.26. The summed E-state index contributed by atoms with van der Waals surface area (Å²) in [6, 6.07) is 13.9. The van der Waals surface area contributed by atoms with Gasteiger partial charge in [-0.05, 0) is 42.7 Å². The van der Waals surface area contributed by atoms with E-state index in [1.807, 2.05) is 30.3 Å². The minimum Gasteiger partial charge on any atom is -0.494 e. The summed E-state index contributed by atoms with van der Waals surface area (Å²) in [5.41, 5.74) is 1.39. The molecule has 1 N–H and O–H groups in total. The van der Waals surface area contributed by atoms with Crippen LogP contribution in [0.2, 0.25) is 0 Å². The zero-order valence-electron chi connectivity index (χ0n) is 15.3. The molecule has 0 radical (unpaired) electrons. The van der Waals surface area contributed by atoms with Crippen LogP contribution in [0.25, 0.3) is 0 Å². The van der Waals surface area contributed by atoms with Crippen LogP contribution in [0, 0.1) is 11.7 Å². The summed E-state index contributed by atoms with van der Waals surface area (Å²) in [4.78, 5) is 26.6. The van der Waals surface area contributed by atoms with E-state index in [2.05, 4.69) is 5.32 Å². The quantitative estimate of drug-likeness (QED) is 0.879. The molecule has 0 aliphatic carbocycles. The van der Waals surface area contributed by atoms with Crippen molar-refractivity contribution >= 4 is 17.5 Å². The van der Waals surface area contributed by atoms with E-state index >= 15 is 0 Å². The van der Waals surface area contributed by atoms with Crippen molar-refractivity contribution in [2.24, 2.45) is 5.92 Å². The van der Waals surface area contributed by atoms with Crippen LogP contribution < -0.4 is 10.1 Å². The summed E-state index contributed by atoms with van der Waals surface area (Å²) in [5, 5.41) is 2.92. The number of piperidine rings is 1. The molecule has 1 heterocycles. The molecule has 142 valence electrons. The molecule has 6 heteroatoms. The molecule has 27 heavy (non-hydrogen) atoms. The Labute approximate surface area is 158 Å².